The topological polar surface area (TPSA) is 30.5 Å². The first-order chi connectivity index (χ1) is 8.20. The van der Waals surface area contributed by atoms with E-state index in [0.29, 0.717) is 19.3 Å². The number of fused-ring (bicyclic) bond motifs is 1. The van der Waals surface area contributed by atoms with E-state index in [4.69, 9.17) is 9.47 Å². The Hall–Kier alpha value is -1.00. The molecule has 1 aromatic carbocycles. The van der Waals surface area contributed by atoms with Gasteiger partial charge in [0.05, 0.1) is 6.04 Å². The van der Waals surface area contributed by atoms with E-state index in [1.54, 1.807) is 0 Å². The predicted octanol–water partition coefficient (Wildman–Crippen LogP) is 3.02. The van der Waals surface area contributed by atoms with Crippen molar-refractivity contribution in [2.24, 2.45) is 0 Å². The van der Waals surface area contributed by atoms with Crippen molar-refractivity contribution >= 4 is 15.9 Å². The molecule has 1 unspecified atom stereocenters. The molecular formula is C13H16BrNO2. The standard InChI is InChI=1S/C13H16BrNO2/c1-3-15-12-8-17-13-6-10(4-5-11(12)13)16-7-9(2)14/h4-6,12,15H,2-3,7-8H2,1H3. The number of benzene rings is 1. The van der Waals surface area contributed by atoms with Crippen LogP contribution in [0.25, 0.3) is 0 Å². The van der Waals surface area contributed by atoms with Crippen LogP contribution in [0.3, 0.4) is 0 Å². The molecule has 1 atom stereocenters. The summed E-state index contributed by atoms with van der Waals surface area (Å²) in [4.78, 5) is 0. The third kappa shape index (κ3) is 3.01. The number of likely N-dealkylation sites (N-methyl/N-ethyl adjacent to an activating group) is 1. The molecular weight excluding hydrogens is 282 g/mol. The van der Waals surface area contributed by atoms with Gasteiger partial charge in [0.2, 0.25) is 0 Å². The Morgan fingerprint density at radius 2 is 2.47 bits per heavy atom. The second-order valence-corrected chi connectivity index (χ2v) is 5.05. The first kappa shape index (κ1) is 12.5. The normalized spacial score (nSPS) is 17.4. The lowest BCUT2D eigenvalue weighted by molar-refractivity contribution is 0.310. The summed E-state index contributed by atoms with van der Waals surface area (Å²) in [6, 6.07) is 6.26. The van der Waals surface area contributed by atoms with E-state index in [0.717, 1.165) is 22.5 Å². The van der Waals surface area contributed by atoms with Gasteiger partial charge in [-0.05, 0) is 18.7 Å². The van der Waals surface area contributed by atoms with Gasteiger partial charge in [-0.15, -0.1) is 0 Å². The average molecular weight is 298 g/mol. The van der Waals surface area contributed by atoms with Gasteiger partial charge in [-0.25, -0.2) is 0 Å². The van der Waals surface area contributed by atoms with Crippen LogP contribution in [-0.2, 0) is 0 Å². The molecule has 0 saturated heterocycles. The molecule has 17 heavy (non-hydrogen) atoms. The number of halogens is 1. The maximum atomic E-state index is 5.63. The van der Waals surface area contributed by atoms with Crippen molar-refractivity contribution in [3.63, 3.8) is 0 Å². The van der Waals surface area contributed by atoms with Crippen LogP contribution in [0.15, 0.2) is 29.3 Å². The molecule has 0 saturated carbocycles. The molecule has 1 aliphatic rings. The Balaban J connectivity index is 2.08. The van der Waals surface area contributed by atoms with Gasteiger partial charge in [0, 0.05) is 16.1 Å². The Bertz CT molecular complexity index is 420. The summed E-state index contributed by atoms with van der Waals surface area (Å²) in [5.41, 5.74) is 1.21. The van der Waals surface area contributed by atoms with E-state index in [-0.39, 0.29) is 0 Å². The van der Waals surface area contributed by atoms with Gasteiger partial charge in [-0.1, -0.05) is 29.4 Å². The van der Waals surface area contributed by atoms with E-state index in [1.165, 1.54) is 5.56 Å². The van der Waals surface area contributed by atoms with Gasteiger partial charge in [-0.2, -0.15) is 0 Å². The van der Waals surface area contributed by atoms with Crippen molar-refractivity contribution < 1.29 is 9.47 Å². The van der Waals surface area contributed by atoms with Crippen LogP contribution in [0.1, 0.15) is 18.5 Å². The molecule has 0 aliphatic carbocycles. The van der Waals surface area contributed by atoms with Gasteiger partial charge in [0.1, 0.15) is 24.7 Å². The minimum absolute atomic E-state index is 0.301. The summed E-state index contributed by atoms with van der Waals surface area (Å²) < 4.78 is 12.0. The highest BCUT2D eigenvalue weighted by molar-refractivity contribution is 9.11. The fraction of sp³-hybridized carbons (Fsp3) is 0.385. The highest BCUT2D eigenvalue weighted by Crippen LogP contribution is 2.35. The first-order valence-electron chi connectivity index (χ1n) is 5.67. The molecule has 0 bridgehead atoms. The molecule has 0 spiro atoms. The minimum atomic E-state index is 0.301. The van der Waals surface area contributed by atoms with Crippen LogP contribution in [0, 0.1) is 0 Å². The van der Waals surface area contributed by atoms with E-state index >= 15 is 0 Å². The van der Waals surface area contributed by atoms with E-state index in [1.807, 2.05) is 12.1 Å². The van der Waals surface area contributed by atoms with Crippen LogP contribution in [0.5, 0.6) is 11.5 Å². The van der Waals surface area contributed by atoms with Crippen molar-refractivity contribution in [1.82, 2.24) is 5.32 Å². The number of rotatable bonds is 5. The van der Waals surface area contributed by atoms with Crippen molar-refractivity contribution in [3.8, 4) is 11.5 Å². The average Bonchev–Trinajstić information content (AvgIpc) is 2.70. The largest absolute Gasteiger partial charge is 0.491 e. The Morgan fingerprint density at radius 3 is 3.18 bits per heavy atom. The number of ether oxygens (including phenoxy) is 2. The second kappa shape index (κ2) is 5.56. The number of nitrogens with one attached hydrogen (secondary N) is 1. The van der Waals surface area contributed by atoms with Crippen LogP contribution < -0.4 is 14.8 Å². The van der Waals surface area contributed by atoms with Gasteiger partial charge in [-0.3, -0.25) is 0 Å². The van der Waals surface area contributed by atoms with Crippen LogP contribution in [0.2, 0.25) is 0 Å². The molecule has 0 fully saturated rings. The summed E-state index contributed by atoms with van der Waals surface area (Å²) in [6.45, 7) is 7.92. The maximum Gasteiger partial charge on any atom is 0.128 e. The van der Waals surface area contributed by atoms with Crippen molar-refractivity contribution in [2.45, 2.75) is 13.0 Å². The van der Waals surface area contributed by atoms with E-state index < -0.39 is 0 Å². The molecule has 1 N–H and O–H groups in total. The van der Waals surface area contributed by atoms with E-state index in [2.05, 4.69) is 40.8 Å². The molecule has 0 radical (unpaired) electrons. The fourth-order valence-electron chi connectivity index (χ4n) is 1.86. The van der Waals surface area contributed by atoms with Gasteiger partial charge < -0.3 is 14.8 Å². The third-order valence-corrected chi connectivity index (χ3v) is 2.84. The highest BCUT2D eigenvalue weighted by Gasteiger charge is 2.23. The number of hydrogen-bond acceptors (Lipinski definition) is 3. The summed E-state index contributed by atoms with van der Waals surface area (Å²) in [5.74, 6) is 1.72. The van der Waals surface area contributed by atoms with Crippen LogP contribution >= 0.6 is 15.9 Å². The lowest BCUT2D eigenvalue weighted by atomic mass is 10.1. The van der Waals surface area contributed by atoms with Crippen molar-refractivity contribution in [1.29, 1.82) is 0 Å². The maximum absolute atomic E-state index is 5.63. The Kier molecular flexibility index (Phi) is 4.07. The van der Waals surface area contributed by atoms with Crippen LogP contribution in [0.4, 0.5) is 0 Å². The zero-order chi connectivity index (χ0) is 12.3. The second-order valence-electron chi connectivity index (χ2n) is 3.93. The summed E-state index contributed by atoms with van der Waals surface area (Å²) in [5, 5.41) is 3.38. The Labute approximate surface area is 110 Å². The predicted molar refractivity (Wildman–Crippen MR) is 71.9 cm³/mol. The van der Waals surface area contributed by atoms with Crippen molar-refractivity contribution in [2.75, 3.05) is 19.8 Å². The fourth-order valence-corrected chi connectivity index (χ4v) is 1.97. The molecule has 0 aromatic heterocycles. The zero-order valence-corrected chi connectivity index (χ0v) is 11.4. The van der Waals surface area contributed by atoms with Gasteiger partial charge >= 0.3 is 0 Å². The monoisotopic (exact) mass is 297 g/mol. The summed E-state index contributed by atoms with van der Waals surface area (Å²) in [7, 11) is 0. The summed E-state index contributed by atoms with van der Waals surface area (Å²) >= 11 is 3.26. The molecule has 1 aliphatic heterocycles. The summed E-state index contributed by atoms with van der Waals surface area (Å²) in [6.07, 6.45) is 0. The molecule has 4 heteroatoms. The van der Waals surface area contributed by atoms with Gasteiger partial charge in [0.15, 0.2) is 0 Å². The Morgan fingerprint density at radius 1 is 1.65 bits per heavy atom. The third-order valence-electron chi connectivity index (χ3n) is 2.61. The molecule has 0 amide bonds. The van der Waals surface area contributed by atoms with E-state index in [9.17, 15) is 0 Å². The minimum Gasteiger partial charge on any atom is -0.491 e. The molecule has 92 valence electrons. The quantitative estimate of drug-likeness (QED) is 0.906. The van der Waals surface area contributed by atoms with Gasteiger partial charge in [0.25, 0.3) is 0 Å². The van der Waals surface area contributed by atoms with Crippen LogP contribution in [-0.4, -0.2) is 19.8 Å². The first-order valence-corrected chi connectivity index (χ1v) is 6.46. The lowest BCUT2D eigenvalue weighted by Gasteiger charge is -2.09. The lowest BCUT2D eigenvalue weighted by Crippen LogP contribution is -2.21. The molecule has 3 nitrogen and oxygen atoms in total. The molecule has 2 rings (SSSR count). The number of hydrogen-bond donors (Lipinski definition) is 1. The smallest absolute Gasteiger partial charge is 0.128 e. The molecule has 1 heterocycles. The molecule has 1 aromatic rings. The SMILES string of the molecule is C=C(Br)COc1ccc2c(c1)OCC2NCC. The highest BCUT2D eigenvalue weighted by atomic mass is 79.9. The zero-order valence-electron chi connectivity index (χ0n) is 9.83. The van der Waals surface area contributed by atoms with Crippen molar-refractivity contribution in [3.05, 3.63) is 34.8 Å².